The Labute approximate surface area is 189 Å². The van der Waals surface area contributed by atoms with Crippen molar-refractivity contribution < 1.29 is 14.0 Å². The molecule has 0 bridgehead atoms. The van der Waals surface area contributed by atoms with Crippen molar-refractivity contribution in [1.29, 1.82) is 0 Å². The molecule has 1 N–H and O–H groups in total. The summed E-state index contributed by atoms with van der Waals surface area (Å²) in [5, 5.41) is 11.1. The average molecular weight is 440 g/mol. The van der Waals surface area contributed by atoms with Crippen LogP contribution in [0.4, 0.5) is 0 Å². The third kappa shape index (κ3) is 6.16. The van der Waals surface area contributed by atoms with Crippen LogP contribution in [0.2, 0.25) is 0 Å². The van der Waals surface area contributed by atoms with Crippen molar-refractivity contribution >= 4 is 11.8 Å². The molecule has 2 aromatic rings. The second-order valence-electron chi connectivity index (χ2n) is 8.72. The minimum atomic E-state index is 0.0443. The van der Waals surface area contributed by atoms with Crippen LogP contribution in [0, 0.1) is 5.92 Å². The Hall–Kier alpha value is -2.74. The van der Waals surface area contributed by atoms with Crippen molar-refractivity contribution in [3.05, 3.63) is 36.2 Å². The van der Waals surface area contributed by atoms with Crippen LogP contribution in [0.25, 0.3) is 11.5 Å². The first kappa shape index (κ1) is 22.5. The topological polar surface area (TPSA) is 91.6 Å². The summed E-state index contributed by atoms with van der Waals surface area (Å²) in [4.78, 5) is 29.0. The average Bonchev–Trinajstić information content (AvgIpc) is 3.52. The second-order valence-corrected chi connectivity index (χ2v) is 8.72. The molecule has 2 heterocycles. The van der Waals surface area contributed by atoms with Gasteiger partial charge in [-0.2, -0.15) is 0 Å². The van der Waals surface area contributed by atoms with E-state index in [-0.39, 0.29) is 11.8 Å². The van der Waals surface area contributed by atoms with Gasteiger partial charge in [0.15, 0.2) is 0 Å². The SMILES string of the molecule is O=C(CCCc1nnc(-c2ccccc2)o1)NCCN1CCN(C(=O)C2CCCC2)CC1. The van der Waals surface area contributed by atoms with Crippen LogP contribution >= 0.6 is 0 Å². The molecule has 0 spiro atoms. The van der Waals surface area contributed by atoms with Gasteiger partial charge in [0, 0.05) is 63.6 Å². The number of piperazine rings is 1. The third-order valence-corrected chi connectivity index (χ3v) is 6.42. The van der Waals surface area contributed by atoms with Gasteiger partial charge in [0.2, 0.25) is 23.6 Å². The highest BCUT2D eigenvalue weighted by molar-refractivity contribution is 5.79. The predicted octanol–water partition coefficient (Wildman–Crippen LogP) is 2.51. The molecule has 32 heavy (non-hydrogen) atoms. The number of carbonyl (C=O) groups is 2. The molecule has 4 rings (SSSR count). The molecule has 2 amide bonds. The molecule has 1 aromatic carbocycles. The van der Waals surface area contributed by atoms with Gasteiger partial charge in [0.1, 0.15) is 0 Å². The number of amides is 2. The van der Waals surface area contributed by atoms with E-state index in [1.807, 2.05) is 35.2 Å². The van der Waals surface area contributed by atoms with Crippen molar-refractivity contribution in [2.24, 2.45) is 5.92 Å². The lowest BCUT2D eigenvalue weighted by Crippen LogP contribution is -2.51. The smallest absolute Gasteiger partial charge is 0.247 e. The number of aryl methyl sites for hydroxylation is 1. The fraction of sp³-hybridized carbons (Fsp3) is 0.583. The zero-order chi connectivity index (χ0) is 22.2. The highest BCUT2D eigenvalue weighted by Crippen LogP contribution is 2.26. The van der Waals surface area contributed by atoms with Gasteiger partial charge in [-0.05, 0) is 31.4 Å². The third-order valence-electron chi connectivity index (χ3n) is 6.42. The van der Waals surface area contributed by atoms with Gasteiger partial charge in [0.05, 0.1) is 0 Å². The van der Waals surface area contributed by atoms with Gasteiger partial charge in [0.25, 0.3) is 0 Å². The zero-order valence-corrected chi connectivity index (χ0v) is 18.7. The van der Waals surface area contributed by atoms with E-state index in [9.17, 15) is 9.59 Å². The van der Waals surface area contributed by atoms with E-state index in [4.69, 9.17) is 4.42 Å². The van der Waals surface area contributed by atoms with Crippen molar-refractivity contribution in [2.75, 3.05) is 39.3 Å². The summed E-state index contributed by atoms with van der Waals surface area (Å²) in [7, 11) is 0. The molecule has 0 unspecified atom stereocenters. The molecular weight excluding hydrogens is 406 g/mol. The quantitative estimate of drug-likeness (QED) is 0.646. The highest BCUT2D eigenvalue weighted by atomic mass is 16.4. The van der Waals surface area contributed by atoms with E-state index >= 15 is 0 Å². The number of carbonyl (C=O) groups excluding carboxylic acids is 2. The van der Waals surface area contributed by atoms with Crippen LogP contribution in [0.15, 0.2) is 34.7 Å². The van der Waals surface area contributed by atoms with Crippen molar-refractivity contribution in [2.45, 2.75) is 44.9 Å². The Morgan fingerprint density at radius 3 is 2.53 bits per heavy atom. The summed E-state index contributed by atoms with van der Waals surface area (Å²) >= 11 is 0. The standard InChI is InChI=1S/C24H33N5O3/c30-21(11-6-12-22-26-27-23(32-22)19-7-2-1-3-8-19)25-13-14-28-15-17-29(18-16-28)24(31)20-9-4-5-10-20/h1-3,7-8,20H,4-6,9-18H2,(H,25,30). The Morgan fingerprint density at radius 2 is 1.78 bits per heavy atom. The first-order valence-corrected chi connectivity index (χ1v) is 11.8. The summed E-state index contributed by atoms with van der Waals surface area (Å²) < 4.78 is 5.68. The van der Waals surface area contributed by atoms with Crippen molar-refractivity contribution in [3.8, 4) is 11.5 Å². The number of hydrogen-bond donors (Lipinski definition) is 1. The molecule has 1 aliphatic heterocycles. The molecule has 1 saturated carbocycles. The molecule has 2 fully saturated rings. The lowest BCUT2D eigenvalue weighted by atomic mass is 10.1. The molecule has 2 aliphatic rings. The first-order chi connectivity index (χ1) is 15.7. The fourth-order valence-corrected chi connectivity index (χ4v) is 4.52. The summed E-state index contributed by atoms with van der Waals surface area (Å²) in [5.41, 5.74) is 0.896. The van der Waals surface area contributed by atoms with Gasteiger partial charge >= 0.3 is 0 Å². The minimum absolute atomic E-state index is 0.0443. The molecule has 1 aliphatic carbocycles. The van der Waals surface area contributed by atoms with E-state index in [1.165, 1.54) is 12.8 Å². The normalized spacial score (nSPS) is 17.6. The van der Waals surface area contributed by atoms with E-state index in [0.717, 1.165) is 51.1 Å². The van der Waals surface area contributed by atoms with Crippen LogP contribution in [-0.4, -0.2) is 71.1 Å². The molecule has 8 nitrogen and oxygen atoms in total. The predicted molar refractivity (Wildman–Crippen MR) is 121 cm³/mol. The van der Waals surface area contributed by atoms with E-state index < -0.39 is 0 Å². The highest BCUT2D eigenvalue weighted by Gasteiger charge is 2.29. The van der Waals surface area contributed by atoms with E-state index in [0.29, 0.717) is 43.5 Å². The number of aromatic nitrogens is 2. The maximum atomic E-state index is 12.5. The van der Waals surface area contributed by atoms with Crippen LogP contribution in [-0.2, 0) is 16.0 Å². The monoisotopic (exact) mass is 439 g/mol. The van der Waals surface area contributed by atoms with E-state index in [1.54, 1.807) is 0 Å². The van der Waals surface area contributed by atoms with Gasteiger partial charge < -0.3 is 14.6 Å². The van der Waals surface area contributed by atoms with Crippen molar-refractivity contribution in [3.63, 3.8) is 0 Å². The number of benzene rings is 1. The fourth-order valence-electron chi connectivity index (χ4n) is 4.52. The van der Waals surface area contributed by atoms with Gasteiger partial charge in [-0.3, -0.25) is 14.5 Å². The Bertz CT molecular complexity index is 871. The maximum absolute atomic E-state index is 12.5. The molecular formula is C24H33N5O3. The lowest BCUT2D eigenvalue weighted by molar-refractivity contribution is -0.137. The number of nitrogens with one attached hydrogen (secondary N) is 1. The molecule has 172 valence electrons. The molecule has 1 aromatic heterocycles. The molecule has 8 heteroatoms. The minimum Gasteiger partial charge on any atom is -0.421 e. The van der Waals surface area contributed by atoms with Crippen LogP contribution in [0.1, 0.15) is 44.4 Å². The van der Waals surface area contributed by atoms with Crippen LogP contribution in [0.3, 0.4) is 0 Å². The second kappa shape index (κ2) is 11.2. The summed E-state index contributed by atoms with van der Waals surface area (Å²) in [6.45, 7) is 4.83. The zero-order valence-electron chi connectivity index (χ0n) is 18.7. The summed E-state index contributed by atoms with van der Waals surface area (Å²) in [5.74, 6) is 1.73. The molecule has 0 atom stereocenters. The number of nitrogens with zero attached hydrogens (tertiary/aromatic N) is 4. The molecule has 0 radical (unpaired) electrons. The Morgan fingerprint density at radius 1 is 1.03 bits per heavy atom. The van der Waals surface area contributed by atoms with Gasteiger partial charge in [-0.25, -0.2) is 0 Å². The summed E-state index contributed by atoms with van der Waals surface area (Å²) in [6.07, 6.45) is 6.21. The largest absolute Gasteiger partial charge is 0.421 e. The van der Waals surface area contributed by atoms with E-state index in [2.05, 4.69) is 20.4 Å². The molecule has 1 saturated heterocycles. The maximum Gasteiger partial charge on any atom is 0.247 e. The first-order valence-electron chi connectivity index (χ1n) is 11.8. The lowest BCUT2D eigenvalue weighted by Gasteiger charge is -2.36. The van der Waals surface area contributed by atoms with Crippen LogP contribution in [0.5, 0.6) is 0 Å². The Balaban J connectivity index is 1.07. The number of hydrogen-bond acceptors (Lipinski definition) is 6. The Kier molecular flexibility index (Phi) is 7.87. The van der Waals surface area contributed by atoms with Gasteiger partial charge in [-0.15, -0.1) is 10.2 Å². The van der Waals surface area contributed by atoms with Crippen LogP contribution < -0.4 is 5.32 Å². The van der Waals surface area contributed by atoms with Crippen molar-refractivity contribution in [1.82, 2.24) is 25.3 Å². The summed E-state index contributed by atoms with van der Waals surface area (Å²) in [6, 6.07) is 9.66. The number of rotatable bonds is 9. The van der Waals surface area contributed by atoms with Gasteiger partial charge in [-0.1, -0.05) is 31.0 Å².